The molecule has 0 aliphatic heterocycles. The highest BCUT2D eigenvalue weighted by Crippen LogP contribution is 2.36. The third-order valence-electron chi connectivity index (χ3n) is 4.84. The molecule has 130 valence electrons. The highest BCUT2D eigenvalue weighted by atomic mass is 32.1. The molecular formula is C18H31N3OS. The van der Waals surface area contributed by atoms with Crippen LogP contribution in [0.5, 0.6) is 0 Å². The first-order valence-electron chi connectivity index (χ1n) is 8.75. The van der Waals surface area contributed by atoms with Crippen LogP contribution in [-0.4, -0.2) is 48.8 Å². The molecule has 0 aromatic carbocycles. The molecule has 0 saturated heterocycles. The number of nitrogens with one attached hydrogen (secondary N) is 1. The van der Waals surface area contributed by atoms with Gasteiger partial charge in [0, 0.05) is 30.4 Å². The van der Waals surface area contributed by atoms with Gasteiger partial charge in [-0.2, -0.15) is 0 Å². The second-order valence-electron chi connectivity index (χ2n) is 6.84. The molecule has 1 aromatic heterocycles. The summed E-state index contributed by atoms with van der Waals surface area (Å²) in [6.45, 7) is 6.78. The third kappa shape index (κ3) is 5.21. The van der Waals surface area contributed by atoms with Crippen LogP contribution in [0.25, 0.3) is 0 Å². The number of thiophene rings is 1. The van der Waals surface area contributed by atoms with Crippen LogP contribution < -0.4 is 5.32 Å². The van der Waals surface area contributed by atoms with Crippen molar-refractivity contribution in [3.8, 4) is 0 Å². The van der Waals surface area contributed by atoms with Gasteiger partial charge in [-0.05, 0) is 37.6 Å². The van der Waals surface area contributed by atoms with Crippen LogP contribution in [0.2, 0.25) is 0 Å². The minimum Gasteiger partial charge on any atom is -0.392 e. The van der Waals surface area contributed by atoms with Gasteiger partial charge in [0.1, 0.15) is 0 Å². The molecule has 1 aliphatic rings. The standard InChI is InChI=1S/C18H31N3OS/c1-4-19-17(21(3)12-10-15-8-7-13-23-15)20-14-18(2)11-6-5-9-16(18)22/h7-8,13,16,22H,4-6,9-12,14H2,1-3H3,(H,19,20). The normalized spacial score (nSPS) is 25.4. The zero-order chi connectivity index (χ0) is 16.7. The number of hydrogen-bond donors (Lipinski definition) is 2. The third-order valence-corrected chi connectivity index (χ3v) is 5.78. The number of aliphatic hydroxyl groups excluding tert-OH is 1. The molecule has 1 aromatic rings. The molecule has 1 aliphatic carbocycles. The van der Waals surface area contributed by atoms with E-state index in [9.17, 15) is 5.11 Å². The lowest BCUT2D eigenvalue weighted by atomic mass is 9.73. The fraction of sp³-hybridized carbons (Fsp3) is 0.722. The Morgan fingerprint density at radius 3 is 3.00 bits per heavy atom. The van der Waals surface area contributed by atoms with Crippen LogP contribution in [0.15, 0.2) is 22.5 Å². The van der Waals surface area contributed by atoms with Crippen LogP contribution in [-0.2, 0) is 6.42 Å². The van der Waals surface area contributed by atoms with Crippen LogP contribution in [0, 0.1) is 5.41 Å². The van der Waals surface area contributed by atoms with Crippen molar-refractivity contribution >= 4 is 17.3 Å². The van der Waals surface area contributed by atoms with Gasteiger partial charge in [0.25, 0.3) is 0 Å². The molecule has 0 bridgehead atoms. The van der Waals surface area contributed by atoms with E-state index in [0.29, 0.717) is 6.54 Å². The Morgan fingerprint density at radius 2 is 2.35 bits per heavy atom. The van der Waals surface area contributed by atoms with Gasteiger partial charge in [-0.3, -0.25) is 4.99 Å². The maximum Gasteiger partial charge on any atom is 0.193 e. The summed E-state index contributed by atoms with van der Waals surface area (Å²) in [6, 6.07) is 4.28. The van der Waals surface area contributed by atoms with Crippen molar-refractivity contribution in [1.29, 1.82) is 0 Å². The average molecular weight is 338 g/mol. The fourth-order valence-corrected chi connectivity index (χ4v) is 3.83. The van der Waals surface area contributed by atoms with Gasteiger partial charge < -0.3 is 15.3 Å². The van der Waals surface area contributed by atoms with Crippen molar-refractivity contribution in [1.82, 2.24) is 10.2 Å². The zero-order valence-corrected chi connectivity index (χ0v) is 15.5. The summed E-state index contributed by atoms with van der Waals surface area (Å²) in [7, 11) is 2.09. The molecular weight excluding hydrogens is 306 g/mol. The number of likely N-dealkylation sites (N-methyl/N-ethyl adjacent to an activating group) is 1. The smallest absolute Gasteiger partial charge is 0.193 e. The van der Waals surface area contributed by atoms with Gasteiger partial charge in [0.15, 0.2) is 5.96 Å². The maximum atomic E-state index is 10.3. The molecule has 4 nitrogen and oxygen atoms in total. The molecule has 0 radical (unpaired) electrons. The topological polar surface area (TPSA) is 47.9 Å². The number of aliphatic imine (C=N–C) groups is 1. The van der Waals surface area contributed by atoms with Gasteiger partial charge in [0.2, 0.25) is 0 Å². The Hall–Kier alpha value is -1.07. The maximum absolute atomic E-state index is 10.3. The van der Waals surface area contributed by atoms with Crippen molar-refractivity contribution < 1.29 is 5.11 Å². The second kappa shape index (κ2) is 8.69. The average Bonchev–Trinajstić information content (AvgIpc) is 3.05. The van der Waals surface area contributed by atoms with E-state index in [2.05, 4.69) is 48.6 Å². The SMILES string of the molecule is CCNC(=NCC1(C)CCCCC1O)N(C)CCc1cccs1. The van der Waals surface area contributed by atoms with Crippen molar-refractivity contribution in [3.63, 3.8) is 0 Å². The summed E-state index contributed by atoms with van der Waals surface area (Å²) in [4.78, 5) is 8.44. The lowest BCUT2D eigenvalue weighted by Gasteiger charge is -2.37. The zero-order valence-electron chi connectivity index (χ0n) is 14.7. The summed E-state index contributed by atoms with van der Waals surface area (Å²) < 4.78 is 0. The van der Waals surface area contributed by atoms with E-state index in [1.165, 1.54) is 11.3 Å². The minimum atomic E-state index is -0.223. The van der Waals surface area contributed by atoms with E-state index >= 15 is 0 Å². The van der Waals surface area contributed by atoms with Crippen molar-refractivity contribution in [3.05, 3.63) is 22.4 Å². The Kier molecular flexibility index (Phi) is 6.90. The molecule has 23 heavy (non-hydrogen) atoms. The molecule has 1 fully saturated rings. The van der Waals surface area contributed by atoms with E-state index in [0.717, 1.165) is 44.7 Å². The van der Waals surface area contributed by atoms with Crippen LogP contribution in [0.3, 0.4) is 0 Å². The minimum absolute atomic E-state index is 0.0759. The van der Waals surface area contributed by atoms with Crippen LogP contribution >= 0.6 is 11.3 Å². The van der Waals surface area contributed by atoms with Crippen LogP contribution in [0.4, 0.5) is 0 Å². The van der Waals surface area contributed by atoms with E-state index in [1.54, 1.807) is 11.3 Å². The molecule has 0 amide bonds. The second-order valence-corrected chi connectivity index (χ2v) is 7.87. The molecule has 2 atom stereocenters. The highest BCUT2D eigenvalue weighted by molar-refractivity contribution is 7.09. The lowest BCUT2D eigenvalue weighted by molar-refractivity contribution is 0.00706. The first kappa shape index (κ1) is 18.3. The Morgan fingerprint density at radius 1 is 1.52 bits per heavy atom. The predicted octanol–water partition coefficient (Wildman–Crippen LogP) is 3.13. The fourth-order valence-electron chi connectivity index (χ4n) is 3.13. The van der Waals surface area contributed by atoms with Gasteiger partial charge in [-0.25, -0.2) is 0 Å². The molecule has 1 heterocycles. The largest absolute Gasteiger partial charge is 0.392 e. The van der Waals surface area contributed by atoms with Gasteiger partial charge in [-0.1, -0.05) is 25.8 Å². The van der Waals surface area contributed by atoms with E-state index < -0.39 is 0 Å². The first-order valence-corrected chi connectivity index (χ1v) is 9.63. The van der Waals surface area contributed by atoms with Gasteiger partial charge in [-0.15, -0.1) is 11.3 Å². The van der Waals surface area contributed by atoms with E-state index in [4.69, 9.17) is 4.99 Å². The summed E-state index contributed by atoms with van der Waals surface area (Å²) in [5, 5.41) is 15.8. The quantitative estimate of drug-likeness (QED) is 0.619. The molecule has 2 unspecified atom stereocenters. The summed E-state index contributed by atoms with van der Waals surface area (Å²) in [5.74, 6) is 0.947. The van der Waals surface area contributed by atoms with Crippen LogP contribution in [0.1, 0.15) is 44.4 Å². The number of hydrogen-bond acceptors (Lipinski definition) is 3. The number of nitrogens with zero attached hydrogens (tertiary/aromatic N) is 2. The molecule has 2 N–H and O–H groups in total. The number of rotatable bonds is 6. The number of aliphatic hydroxyl groups is 1. The molecule has 1 saturated carbocycles. The first-order chi connectivity index (χ1) is 11.0. The molecule has 2 rings (SSSR count). The van der Waals surface area contributed by atoms with E-state index in [1.807, 2.05) is 0 Å². The summed E-state index contributed by atoms with van der Waals surface area (Å²) in [5.41, 5.74) is -0.0759. The Bertz CT molecular complexity index is 488. The van der Waals surface area contributed by atoms with Crippen molar-refractivity contribution in [2.75, 3.05) is 26.7 Å². The summed E-state index contributed by atoms with van der Waals surface area (Å²) in [6.07, 6.45) is 5.14. The monoisotopic (exact) mass is 337 g/mol. The van der Waals surface area contributed by atoms with Gasteiger partial charge >= 0.3 is 0 Å². The highest BCUT2D eigenvalue weighted by Gasteiger charge is 2.35. The summed E-state index contributed by atoms with van der Waals surface area (Å²) >= 11 is 1.81. The Labute approximate surface area is 144 Å². The molecule has 5 heteroatoms. The van der Waals surface area contributed by atoms with E-state index in [-0.39, 0.29) is 11.5 Å². The molecule has 0 spiro atoms. The predicted molar refractivity (Wildman–Crippen MR) is 99.2 cm³/mol. The Balaban J connectivity index is 1.95. The van der Waals surface area contributed by atoms with Gasteiger partial charge in [0.05, 0.1) is 12.6 Å². The van der Waals surface area contributed by atoms with Crippen molar-refractivity contribution in [2.24, 2.45) is 10.4 Å². The lowest BCUT2D eigenvalue weighted by Crippen LogP contribution is -2.43. The number of guanidine groups is 1. The van der Waals surface area contributed by atoms with Crippen molar-refractivity contribution in [2.45, 2.75) is 52.1 Å².